The van der Waals surface area contributed by atoms with Crippen LogP contribution in [0.25, 0.3) is 11.3 Å². The van der Waals surface area contributed by atoms with Crippen LogP contribution in [0.5, 0.6) is 17.2 Å². The second-order valence-corrected chi connectivity index (χ2v) is 8.92. The molecule has 1 aliphatic heterocycles. The molecule has 0 fully saturated rings. The summed E-state index contributed by atoms with van der Waals surface area (Å²) in [6, 6.07) is 17.5. The number of aromatic nitrogens is 2. The molecule has 1 amide bonds. The zero-order chi connectivity index (χ0) is 23.7. The molecular weight excluding hydrogens is 450 g/mol. The maximum Gasteiger partial charge on any atom is 0.273 e. The van der Waals surface area contributed by atoms with Gasteiger partial charge in [0.05, 0.1) is 33.1 Å². The third kappa shape index (κ3) is 3.80. The van der Waals surface area contributed by atoms with Gasteiger partial charge in [0.2, 0.25) is 0 Å². The van der Waals surface area contributed by atoms with E-state index in [1.807, 2.05) is 58.8 Å². The number of benzene rings is 2. The van der Waals surface area contributed by atoms with E-state index in [0.29, 0.717) is 30.2 Å². The van der Waals surface area contributed by atoms with Crippen LogP contribution in [0.1, 0.15) is 32.5 Å². The summed E-state index contributed by atoms with van der Waals surface area (Å²) < 4.78 is 16.1. The summed E-state index contributed by atoms with van der Waals surface area (Å²) in [4.78, 5) is 16.5. The van der Waals surface area contributed by atoms with E-state index >= 15 is 0 Å². The van der Waals surface area contributed by atoms with Crippen LogP contribution in [0, 0.1) is 0 Å². The lowest BCUT2D eigenvalue weighted by Gasteiger charge is -2.25. The largest absolute Gasteiger partial charge is 0.497 e. The molecule has 2 aromatic carbocycles. The highest BCUT2D eigenvalue weighted by atomic mass is 32.1. The second kappa shape index (κ2) is 9.23. The van der Waals surface area contributed by atoms with Crippen LogP contribution in [0.2, 0.25) is 0 Å². The van der Waals surface area contributed by atoms with Crippen LogP contribution < -0.4 is 14.2 Å². The first-order chi connectivity index (χ1) is 16.6. The Kier molecular flexibility index (Phi) is 5.98. The number of amides is 1. The third-order valence-corrected chi connectivity index (χ3v) is 7.05. The quantitative estimate of drug-likeness (QED) is 0.390. The minimum atomic E-state index is -0.196. The number of H-pyrrole nitrogens is 1. The summed E-state index contributed by atoms with van der Waals surface area (Å²) in [5, 5.41) is 9.58. The van der Waals surface area contributed by atoms with Gasteiger partial charge in [-0.15, -0.1) is 11.3 Å². The molecule has 0 saturated carbocycles. The van der Waals surface area contributed by atoms with Crippen molar-refractivity contribution in [2.24, 2.45) is 0 Å². The molecule has 0 bridgehead atoms. The van der Waals surface area contributed by atoms with Crippen molar-refractivity contribution >= 4 is 17.2 Å². The molecule has 7 nitrogen and oxygen atoms in total. The Bertz CT molecular complexity index is 1300. The van der Waals surface area contributed by atoms with Crippen molar-refractivity contribution in [1.82, 2.24) is 15.1 Å². The molecule has 3 heterocycles. The number of fused-ring (bicyclic) bond motifs is 1. The van der Waals surface area contributed by atoms with E-state index in [-0.39, 0.29) is 11.9 Å². The molecule has 0 aliphatic carbocycles. The van der Waals surface area contributed by atoms with Crippen molar-refractivity contribution in [3.05, 3.63) is 81.7 Å². The van der Waals surface area contributed by atoms with Gasteiger partial charge in [-0.05, 0) is 59.8 Å². The van der Waals surface area contributed by atoms with Gasteiger partial charge in [-0.25, -0.2) is 0 Å². The van der Waals surface area contributed by atoms with Gasteiger partial charge in [-0.1, -0.05) is 12.1 Å². The number of nitrogens with zero attached hydrogens (tertiary/aromatic N) is 2. The number of nitrogens with one attached hydrogen (secondary N) is 1. The SMILES string of the molecule is COc1ccc(-c2n[nH]c3c2C(c2cccs2)N(CCc2ccc(OC)c(OC)c2)C3=O)cc1. The summed E-state index contributed by atoms with van der Waals surface area (Å²) in [5.74, 6) is 2.10. The average molecular weight is 476 g/mol. The van der Waals surface area contributed by atoms with Gasteiger partial charge in [0.25, 0.3) is 5.91 Å². The fourth-order valence-electron chi connectivity index (χ4n) is 4.42. The topological polar surface area (TPSA) is 76.7 Å². The van der Waals surface area contributed by atoms with Gasteiger partial charge in [-0.3, -0.25) is 9.89 Å². The second-order valence-electron chi connectivity index (χ2n) is 7.95. The Balaban J connectivity index is 1.48. The van der Waals surface area contributed by atoms with Crippen molar-refractivity contribution in [2.45, 2.75) is 12.5 Å². The highest BCUT2D eigenvalue weighted by Crippen LogP contribution is 2.44. The van der Waals surface area contributed by atoms with E-state index in [0.717, 1.165) is 33.0 Å². The van der Waals surface area contributed by atoms with Crippen LogP contribution in [0.3, 0.4) is 0 Å². The van der Waals surface area contributed by atoms with E-state index in [9.17, 15) is 4.79 Å². The highest BCUT2D eigenvalue weighted by molar-refractivity contribution is 7.10. The minimum absolute atomic E-state index is 0.0406. The molecule has 0 saturated heterocycles. The van der Waals surface area contributed by atoms with Crippen molar-refractivity contribution < 1.29 is 19.0 Å². The normalized spacial score (nSPS) is 14.9. The lowest BCUT2D eigenvalue weighted by Crippen LogP contribution is -2.31. The Morgan fingerprint density at radius 3 is 2.47 bits per heavy atom. The highest BCUT2D eigenvalue weighted by Gasteiger charge is 2.42. The molecule has 1 unspecified atom stereocenters. The summed E-state index contributed by atoms with van der Waals surface area (Å²) >= 11 is 1.64. The number of carbonyl (C=O) groups excluding carboxylic acids is 1. The summed E-state index contributed by atoms with van der Waals surface area (Å²) in [6.07, 6.45) is 0.684. The van der Waals surface area contributed by atoms with Crippen molar-refractivity contribution in [3.63, 3.8) is 0 Å². The molecule has 1 N–H and O–H groups in total. The number of ether oxygens (including phenoxy) is 3. The molecule has 2 aromatic heterocycles. The van der Waals surface area contributed by atoms with E-state index in [4.69, 9.17) is 14.2 Å². The fraction of sp³-hybridized carbons (Fsp3) is 0.231. The number of methoxy groups -OCH3 is 3. The molecule has 0 radical (unpaired) electrons. The van der Waals surface area contributed by atoms with E-state index < -0.39 is 0 Å². The van der Waals surface area contributed by atoms with Crippen LogP contribution in [0.4, 0.5) is 0 Å². The first kappa shape index (κ1) is 22.0. The summed E-state index contributed by atoms with van der Waals surface area (Å²) in [7, 11) is 4.88. The van der Waals surface area contributed by atoms with Crippen molar-refractivity contribution in [3.8, 4) is 28.5 Å². The molecule has 174 valence electrons. The summed E-state index contributed by atoms with van der Waals surface area (Å²) in [6.45, 7) is 0.557. The van der Waals surface area contributed by atoms with Gasteiger partial charge in [-0.2, -0.15) is 5.10 Å². The predicted octanol–water partition coefficient (Wildman–Crippen LogP) is 4.95. The lowest BCUT2D eigenvalue weighted by molar-refractivity contribution is 0.0748. The number of thiophene rings is 1. The Morgan fingerprint density at radius 1 is 1.00 bits per heavy atom. The molecule has 4 aromatic rings. The first-order valence-electron chi connectivity index (χ1n) is 10.9. The predicted molar refractivity (Wildman–Crippen MR) is 131 cm³/mol. The molecule has 34 heavy (non-hydrogen) atoms. The van der Waals surface area contributed by atoms with Gasteiger partial charge in [0.1, 0.15) is 11.4 Å². The third-order valence-electron chi connectivity index (χ3n) is 6.13. The molecule has 0 spiro atoms. The van der Waals surface area contributed by atoms with Crippen molar-refractivity contribution in [2.75, 3.05) is 27.9 Å². The van der Waals surface area contributed by atoms with Crippen molar-refractivity contribution in [1.29, 1.82) is 0 Å². The lowest BCUT2D eigenvalue weighted by atomic mass is 10.0. The van der Waals surface area contributed by atoms with Crippen LogP contribution in [-0.2, 0) is 6.42 Å². The average Bonchev–Trinajstić information content (AvgIpc) is 3.61. The fourth-order valence-corrected chi connectivity index (χ4v) is 5.27. The monoisotopic (exact) mass is 475 g/mol. The number of rotatable bonds is 8. The Morgan fingerprint density at radius 2 is 1.79 bits per heavy atom. The standard InChI is InChI=1S/C26H25N3O4S/c1-31-18-9-7-17(8-10-18)23-22-24(28-27-23)26(30)29(25(22)21-5-4-14-34-21)13-12-16-6-11-19(32-2)20(15-16)33-3/h4-11,14-15,25H,12-13H2,1-3H3,(H,27,28). The number of hydrogen-bond acceptors (Lipinski definition) is 6. The maximum atomic E-state index is 13.5. The maximum absolute atomic E-state index is 13.5. The number of aromatic amines is 1. The molecule has 5 rings (SSSR count). The van der Waals surface area contributed by atoms with Gasteiger partial charge in [0, 0.05) is 22.5 Å². The van der Waals surface area contributed by atoms with E-state index in [1.165, 1.54) is 0 Å². The minimum Gasteiger partial charge on any atom is -0.497 e. The Labute approximate surface area is 201 Å². The Hall–Kier alpha value is -3.78. The number of carbonyl (C=O) groups is 1. The van der Waals surface area contributed by atoms with Crippen LogP contribution in [0.15, 0.2) is 60.0 Å². The summed E-state index contributed by atoms with van der Waals surface area (Å²) in [5.41, 5.74) is 4.27. The van der Waals surface area contributed by atoms with Crippen LogP contribution >= 0.6 is 11.3 Å². The number of hydrogen-bond donors (Lipinski definition) is 1. The molecule has 8 heteroatoms. The van der Waals surface area contributed by atoms with Gasteiger partial charge >= 0.3 is 0 Å². The van der Waals surface area contributed by atoms with Gasteiger partial charge < -0.3 is 19.1 Å². The first-order valence-corrected chi connectivity index (χ1v) is 11.8. The van der Waals surface area contributed by atoms with E-state index in [2.05, 4.69) is 16.3 Å². The van der Waals surface area contributed by atoms with Gasteiger partial charge in [0.15, 0.2) is 11.5 Å². The van der Waals surface area contributed by atoms with Crippen LogP contribution in [-0.4, -0.2) is 48.9 Å². The molecule has 1 aliphatic rings. The molecule has 1 atom stereocenters. The zero-order valence-electron chi connectivity index (χ0n) is 19.2. The zero-order valence-corrected chi connectivity index (χ0v) is 20.0. The molecular formula is C26H25N3O4S. The van der Waals surface area contributed by atoms with E-state index in [1.54, 1.807) is 32.7 Å². The smallest absolute Gasteiger partial charge is 0.273 e.